The van der Waals surface area contributed by atoms with E-state index in [1.54, 1.807) is 37.3 Å². The molecule has 0 radical (unpaired) electrons. The number of aromatic nitrogens is 2. The van der Waals surface area contributed by atoms with Crippen LogP contribution in [0.25, 0.3) is 22.5 Å². The summed E-state index contributed by atoms with van der Waals surface area (Å²) in [5, 5.41) is 12.9. The molecule has 4 aromatic rings. The average Bonchev–Trinajstić information content (AvgIpc) is 3.63. The first kappa shape index (κ1) is 25.8. The molecule has 6 rings (SSSR count). The second-order valence-electron chi connectivity index (χ2n) is 9.84. The van der Waals surface area contributed by atoms with Gasteiger partial charge in [-0.05, 0) is 41.7 Å². The number of carboxylic acids is 1. The SMILES string of the molecule is Cc1nc(-c2ccc(-c3c(C(F)(F)F)cc(F)c4c3CC[C@H]4Oc3ccc4c(c3)OCC4CC(=O)O)cc2)no1. The summed E-state index contributed by atoms with van der Waals surface area (Å²) < 4.78 is 74.4. The summed E-state index contributed by atoms with van der Waals surface area (Å²) in [6.45, 7) is 1.85. The minimum absolute atomic E-state index is 0.0749. The number of benzene rings is 3. The molecule has 11 heteroatoms. The van der Waals surface area contributed by atoms with Crippen molar-refractivity contribution in [1.82, 2.24) is 10.1 Å². The van der Waals surface area contributed by atoms with Crippen molar-refractivity contribution in [3.63, 3.8) is 0 Å². The molecule has 0 spiro atoms. The molecular formula is C29H22F4N2O5. The van der Waals surface area contributed by atoms with Crippen molar-refractivity contribution >= 4 is 5.97 Å². The first-order valence-corrected chi connectivity index (χ1v) is 12.6. The van der Waals surface area contributed by atoms with E-state index in [1.165, 1.54) is 12.1 Å². The van der Waals surface area contributed by atoms with Crippen LogP contribution in [0.5, 0.6) is 11.5 Å². The second-order valence-corrected chi connectivity index (χ2v) is 9.84. The average molecular weight is 554 g/mol. The Hall–Kier alpha value is -4.41. The zero-order chi connectivity index (χ0) is 28.2. The van der Waals surface area contributed by atoms with Crippen LogP contribution >= 0.6 is 0 Å². The molecule has 0 bridgehead atoms. The highest BCUT2D eigenvalue weighted by Gasteiger charge is 2.40. The summed E-state index contributed by atoms with van der Waals surface area (Å²) in [6.07, 6.45) is -5.21. The molecule has 1 unspecified atom stereocenters. The monoisotopic (exact) mass is 554 g/mol. The number of hydrogen-bond donors (Lipinski definition) is 1. The molecule has 2 aliphatic rings. The number of aliphatic carboxylic acids is 1. The van der Waals surface area contributed by atoms with Crippen LogP contribution in [-0.2, 0) is 17.4 Å². The van der Waals surface area contributed by atoms with E-state index in [4.69, 9.17) is 19.1 Å². The third-order valence-corrected chi connectivity index (χ3v) is 7.23. The highest BCUT2D eigenvalue weighted by molar-refractivity contribution is 5.76. The van der Waals surface area contributed by atoms with Crippen LogP contribution < -0.4 is 9.47 Å². The van der Waals surface area contributed by atoms with Crippen LogP contribution in [0.3, 0.4) is 0 Å². The number of carboxylic acid groups (broad SMARTS) is 1. The maximum absolute atomic E-state index is 15.3. The maximum atomic E-state index is 15.3. The molecule has 0 amide bonds. The molecule has 2 heterocycles. The summed E-state index contributed by atoms with van der Waals surface area (Å²) in [5.74, 6) is -0.702. The smallest absolute Gasteiger partial charge is 0.417 e. The number of carbonyl (C=O) groups is 1. The Bertz CT molecular complexity index is 1610. The highest BCUT2D eigenvalue weighted by Crippen LogP contribution is 2.48. The molecular weight excluding hydrogens is 532 g/mol. The molecule has 0 saturated carbocycles. The van der Waals surface area contributed by atoms with E-state index >= 15 is 4.39 Å². The third-order valence-electron chi connectivity index (χ3n) is 7.23. The number of rotatable bonds is 6. The van der Waals surface area contributed by atoms with Crippen LogP contribution in [-0.4, -0.2) is 27.8 Å². The fourth-order valence-electron chi connectivity index (χ4n) is 5.49. The molecule has 0 fully saturated rings. The predicted octanol–water partition coefficient (Wildman–Crippen LogP) is 6.89. The number of nitrogens with zero attached hydrogens (tertiary/aromatic N) is 2. The molecule has 40 heavy (non-hydrogen) atoms. The Morgan fingerprint density at radius 3 is 2.55 bits per heavy atom. The fraction of sp³-hybridized carbons (Fsp3) is 0.276. The Morgan fingerprint density at radius 2 is 1.88 bits per heavy atom. The van der Waals surface area contributed by atoms with Crippen molar-refractivity contribution in [2.24, 2.45) is 0 Å². The van der Waals surface area contributed by atoms with Gasteiger partial charge in [0.2, 0.25) is 11.7 Å². The van der Waals surface area contributed by atoms with Gasteiger partial charge >= 0.3 is 12.1 Å². The van der Waals surface area contributed by atoms with E-state index in [-0.39, 0.29) is 54.0 Å². The third kappa shape index (κ3) is 4.65. The van der Waals surface area contributed by atoms with Gasteiger partial charge in [-0.25, -0.2) is 4.39 Å². The second kappa shape index (κ2) is 9.65. The van der Waals surface area contributed by atoms with E-state index in [0.29, 0.717) is 34.8 Å². The van der Waals surface area contributed by atoms with Crippen molar-refractivity contribution in [3.05, 3.63) is 82.5 Å². The molecule has 206 valence electrons. The van der Waals surface area contributed by atoms with E-state index in [1.807, 2.05) is 0 Å². The van der Waals surface area contributed by atoms with E-state index < -0.39 is 29.6 Å². The van der Waals surface area contributed by atoms with Gasteiger partial charge < -0.3 is 19.1 Å². The van der Waals surface area contributed by atoms with Gasteiger partial charge in [0.1, 0.15) is 23.4 Å². The van der Waals surface area contributed by atoms with Gasteiger partial charge in [-0.3, -0.25) is 4.79 Å². The lowest BCUT2D eigenvalue weighted by atomic mass is 9.90. The largest absolute Gasteiger partial charge is 0.492 e. The molecule has 2 atom stereocenters. The van der Waals surface area contributed by atoms with Crippen molar-refractivity contribution in [2.75, 3.05) is 6.61 Å². The van der Waals surface area contributed by atoms with Gasteiger partial charge in [0.15, 0.2) is 0 Å². The van der Waals surface area contributed by atoms with Gasteiger partial charge in [0.05, 0.1) is 18.6 Å². The molecule has 7 nitrogen and oxygen atoms in total. The quantitative estimate of drug-likeness (QED) is 0.260. The Labute approximate surface area is 225 Å². The van der Waals surface area contributed by atoms with Crippen LogP contribution in [0, 0.1) is 12.7 Å². The first-order chi connectivity index (χ1) is 19.1. The van der Waals surface area contributed by atoms with Crippen molar-refractivity contribution in [2.45, 2.75) is 44.4 Å². The molecule has 3 aromatic carbocycles. The predicted molar refractivity (Wildman–Crippen MR) is 133 cm³/mol. The van der Waals surface area contributed by atoms with Crippen LogP contribution in [0.4, 0.5) is 17.6 Å². The minimum Gasteiger partial charge on any atom is -0.492 e. The molecule has 1 aromatic heterocycles. The summed E-state index contributed by atoms with van der Waals surface area (Å²) >= 11 is 0. The van der Waals surface area contributed by atoms with Gasteiger partial charge in [0.25, 0.3) is 0 Å². The number of alkyl halides is 3. The van der Waals surface area contributed by atoms with Crippen LogP contribution in [0.2, 0.25) is 0 Å². The first-order valence-electron chi connectivity index (χ1n) is 12.6. The maximum Gasteiger partial charge on any atom is 0.417 e. The molecule has 1 aliphatic carbocycles. The number of hydrogen-bond acceptors (Lipinski definition) is 6. The summed E-state index contributed by atoms with van der Waals surface area (Å²) in [4.78, 5) is 15.3. The number of fused-ring (bicyclic) bond motifs is 2. The van der Waals surface area contributed by atoms with Crippen molar-refractivity contribution in [1.29, 1.82) is 0 Å². The summed E-state index contributed by atoms with van der Waals surface area (Å²) in [5.41, 5.74) is 0.791. The van der Waals surface area contributed by atoms with E-state index in [9.17, 15) is 18.0 Å². The summed E-state index contributed by atoms with van der Waals surface area (Å²) in [7, 11) is 0. The Balaban J connectivity index is 1.35. The number of ether oxygens (including phenoxy) is 2. The molecule has 1 N–H and O–H groups in total. The van der Waals surface area contributed by atoms with Crippen LogP contribution in [0.15, 0.2) is 53.1 Å². The number of halogens is 4. The lowest BCUT2D eigenvalue weighted by Crippen LogP contribution is -2.12. The van der Waals surface area contributed by atoms with Gasteiger partial charge in [-0.1, -0.05) is 35.5 Å². The molecule has 1 aliphatic heterocycles. The van der Waals surface area contributed by atoms with Crippen molar-refractivity contribution < 1.29 is 41.5 Å². The lowest BCUT2D eigenvalue weighted by molar-refractivity contribution is -0.138. The van der Waals surface area contributed by atoms with E-state index in [0.717, 1.165) is 5.56 Å². The summed E-state index contributed by atoms with van der Waals surface area (Å²) in [6, 6.07) is 11.8. The van der Waals surface area contributed by atoms with Gasteiger partial charge in [-0.15, -0.1) is 0 Å². The van der Waals surface area contributed by atoms with Gasteiger partial charge in [0, 0.05) is 35.6 Å². The normalized spacial score (nSPS) is 17.8. The highest BCUT2D eigenvalue weighted by atomic mass is 19.4. The van der Waals surface area contributed by atoms with Crippen molar-refractivity contribution in [3.8, 4) is 34.0 Å². The Kier molecular flexibility index (Phi) is 6.24. The standard InChI is InChI=1S/C29H22F4N2O5/c1-14-34-28(35-40-14)16-4-2-15(3-5-16)26-20-8-9-23(27(20)22(30)12-21(26)29(31,32)33)39-18-6-7-19-17(10-25(36)37)13-38-24(19)11-18/h2-7,11-12,17,23H,8-10,13H2,1H3,(H,36,37)/t17?,23-/m1/s1. The van der Waals surface area contributed by atoms with Crippen LogP contribution in [0.1, 0.15) is 53.0 Å². The van der Waals surface area contributed by atoms with E-state index in [2.05, 4.69) is 10.1 Å². The topological polar surface area (TPSA) is 94.7 Å². The fourth-order valence-corrected chi connectivity index (χ4v) is 5.49. The molecule has 0 saturated heterocycles. The Morgan fingerprint density at radius 1 is 1.12 bits per heavy atom. The van der Waals surface area contributed by atoms with Gasteiger partial charge in [-0.2, -0.15) is 18.2 Å². The zero-order valence-electron chi connectivity index (χ0n) is 21.1. The zero-order valence-corrected chi connectivity index (χ0v) is 21.1. The minimum atomic E-state index is -4.78. The lowest BCUT2D eigenvalue weighted by Gasteiger charge is -2.21. The number of aryl methyl sites for hydroxylation is 1.